The Bertz CT molecular complexity index is 234. The highest BCUT2D eigenvalue weighted by atomic mass is 35.5. The Balaban J connectivity index is 0. The van der Waals surface area contributed by atoms with Crippen molar-refractivity contribution in [3.05, 3.63) is 0 Å². The lowest BCUT2D eigenvalue weighted by Crippen LogP contribution is -2.33. The molecule has 0 fully saturated rings. The van der Waals surface area contributed by atoms with Crippen molar-refractivity contribution in [2.24, 2.45) is 11.7 Å². The smallest absolute Gasteiger partial charge is 0.211 e. The van der Waals surface area contributed by atoms with Gasteiger partial charge in [0.05, 0.1) is 5.75 Å². The first-order valence-corrected chi connectivity index (χ1v) is 6.33. The van der Waals surface area contributed by atoms with Gasteiger partial charge in [-0.05, 0) is 18.9 Å². The van der Waals surface area contributed by atoms with Crippen LogP contribution in [0.3, 0.4) is 0 Å². The van der Waals surface area contributed by atoms with Gasteiger partial charge in [-0.15, -0.1) is 12.4 Å². The van der Waals surface area contributed by atoms with Gasteiger partial charge in [-0.3, -0.25) is 0 Å². The number of nitrogens with one attached hydrogen (secondary N) is 1. The summed E-state index contributed by atoms with van der Waals surface area (Å²) in [7, 11) is -1.59. The Labute approximate surface area is 98.2 Å². The Kier molecular flexibility index (Phi) is 10.9. The number of ether oxygens (including phenoxy) is 1. The number of nitrogens with two attached hydrogens (primary N) is 1. The van der Waals surface area contributed by atoms with E-state index in [0.29, 0.717) is 26.1 Å². The van der Waals surface area contributed by atoms with Crippen LogP contribution in [0.25, 0.3) is 0 Å². The van der Waals surface area contributed by atoms with Crippen LogP contribution in [-0.2, 0) is 14.8 Å². The summed E-state index contributed by atoms with van der Waals surface area (Å²) in [5.74, 6) is 0.283. The molecule has 0 radical (unpaired) electrons. The standard InChI is InChI=1S/C8H20N2O3S.ClH/c1-8(6-9)7-10-14(11,12)5-3-4-13-2;/h8,10H,3-7,9H2,1-2H3;1H. The zero-order valence-electron chi connectivity index (χ0n) is 9.23. The molecule has 0 amide bonds. The maximum atomic E-state index is 11.3. The lowest BCUT2D eigenvalue weighted by Gasteiger charge is -2.10. The van der Waals surface area contributed by atoms with Crippen LogP contribution in [0.15, 0.2) is 0 Å². The van der Waals surface area contributed by atoms with Gasteiger partial charge in [0, 0.05) is 20.3 Å². The molecule has 1 atom stereocenters. The van der Waals surface area contributed by atoms with E-state index in [4.69, 9.17) is 10.5 Å². The van der Waals surface area contributed by atoms with E-state index in [9.17, 15) is 8.42 Å². The van der Waals surface area contributed by atoms with Gasteiger partial charge in [0.1, 0.15) is 0 Å². The largest absolute Gasteiger partial charge is 0.385 e. The Morgan fingerprint density at radius 3 is 2.53 bits per heavy atom. The van der Waals surface area contributed by atoms with E-state index in [1.807, 2.05) is 6.92 Å². The summed E-state index contributed by atoms with van der Waals surface area (Å²) < 4.78 is 29.9. The normalized spacial score (nSPS) is 13.3. The number of halogens is 1. The predicted molar refractivity (Wildman–Crippen MR) is 63.7 cm³/mol. The van der Waals surface area contributed by atoms with Crippen molar-refractivity contribution >= 4 is 22.4 Å². The fraction of sp³-hybridized carbons (Fsp3) is 1.00. The molecule has 1 unspecified atom stereocenters. The molecule has 0 heterocycles. The summed E-state index contributed by atoms with van der Waals surface area (Å²) in [5.41, 5.74) is 5.37. The molecule has 94 valence electrons. The van der Waals surface area contributed by atoms with Crippen molar-refractivity contribution in [2.75, 3.05) is 32.6 Å². The molecule has 5 nitrogen and oxygen atoms in total. The second-order valence-corrected chi connectivity index (χ2v) is 5.28. The van der Waals surface area contributed by atoms with E-state index in [2.05, 4.69) is 4.72 Å². The maximum Gasteiger partial charge on any atom is 0.211 e. The Morgan fingerprint density at radius 1 is 1.47 bits per heavy atom. The van der Waals surface area contributed by atoms with Gasteiger partial charge < -0.3 is 10.5 Å². The minimum absolute atomic E-state index is 0. The van der Waals surface area contributed by atoms with Crippen LogP contribution in [0.4, 0.5) is 0 Å². The van der Waals surface area contributed by atoms with Crippen LogP contribution in [0, 0.1) is 5.92 Å². The van der Waals surface area contributed by atoms with Crippen LogP contribution in [0.5, 0.6) is 0 Å². The summed E-state index contributed by atoms with van der Waals surface area (Å²) in [4.78, 5) is 0. The first-order valence-electron chi connectivity index (χ1n) is 4.68. The van der Waals surface area contributed by atoms with Gasteiger partial charge in [-0.1, -0.05) is 6.92 Å². The minimum Gasteiger partial charge on any atom is -0.385 e. The van der Waals surface area contributed by atoms with Crippen LogP contribution >= 0.6 is 12.4 Å². The minimum atomic E-state index is -3.14. The molecule has 7 heteroatoms. The number of hydrogen-bond donors (Lipinski definition) is 2. The highest BCUT2D eigenvalue weighted by molar-refractivity contribution is 7.89. The summed E-state index contributed by atoms with van der Waals surface area (Å²) in [6, 6.07) is 0. The van der Waals surface area contributed by atoms with Crippen LogP contribution < -0.4 is 10.5 Å². The molecule has 0 bridgehead atoms. The third-order valence-electron chi connectivity index (χ3n) is 1.82. The number of methoxy groups -OCH3 is 1. The lowest BCUT2D eigenvalue weighted by molar-refractivity contribution is 0.199. The van der Waals surface area contributed by atoms with Gasteiger partial charge in [0.25, 0.3) is 0 Å². The highest BCUT2D eigenvalue weighted by Gasteiger charge is 2.10. The summed E-state index contributed by atoms with van der Waals surface area (Å²) >= 11 is 0. The SMILES string of the molecule is COCCCS(=O)(=O)NCC(C)CN.Cl. The molecule has 0 aromatic carbocycles. The second kappa shape index (κ2) is 9.35. The monoisotopic (exact) mass is 260 g/mol. The predicted octanol–water partition coefficient (Wildman–Crippen LogP) is -0.0411. The van der Waals surface area contributed by atoms with Gasteiger partial charge in [-0.2, -0.15) is 0 Å². The van der Waals surface area contributed by atoms with Crippen molar-refractivity contribution < 1.29 is 13.2 Å². The van der Waals surface area contributed by atoms with Crippen LogP contribution in [0.2, 0.25) is 0 Å². The molecule has 0 saturated heterocycles. The molecule has 0 rings (SSSR count). The van der Waals surface area contributed by atoms with Gasteiger partial charge in [-0.25, -0.2) is 13.1 Å². The van der Waals surface area contributed by atoms with Crippen molar-refractivity contribution in [3.8, 4) is 0 Å². The summed E-state index contributed by atoms with van der Waals surface area (Å²) in [5, 5.41) is 0. The molecule has 0 aliphatic heterocycles. The van der Waals surface area contributed by atoms with E-state index in [1.54, 1.807) is 7.11 Å². The number of rotatable bonds is 8. The molecule has 15 heavy (non-hydrogen) atoms. The Hall–Kier alpha value is 0.120. The zero-order chi connectivity index (χ0) is 11.0. The number of sulfonamides is 1. The molecular formula is C8H21ClN2O3S. The summed E-state index contributed by atoms with van der Waals surface area (Å²) in [6.45, 7) is 3.26. The van der Waals surface area contributed by atoms with Crippen molar-refractivity contribution in [2.45, 2.75) is 13.3 Å². The molecule has 0 saturated carbocycles. The topological polar surface area (TPSA) is 81.4 Å². The molecule has 0 aliphatic rings. The fourth-order valence-corrected chi connectivity index (χ4v) is 2.00. The molecule has 0 spiro atoms. The van der Waals surface area contributed by atoms with Gasteiger partial charge in [0.2, 0.25) is 10.0 Å². The average molecular weight is 261 g/mol. The summed E-state index contributed by atoms with van der Waals surface area (Å²) in [6.07, 6.45) is 0.517. The Morgan fingerprint density at radius 2 is 2.07 bits per heavy atom. The fourth-order valence-electron chi connectivity index (χ4n) is 0.818. The van der Waals surface area contributed by atoms with Crippen molar-refractivity contribution in [1.82, 2.24) is 4.72 Å². The molecular weight excluding hydrogens is 240 g/mol. The van der Waals surface area contributed by atoms with E-state index < -0.39 is 10.0 Å². The van der Waals surface area contributed by atoms with E-state index in [1.165, 1.54) is 0 Å². The van der Waals surface area contributed by atoms with E-state index in [-0.39, 0.29) is 24.1 Å². The maximum absolute atomic E-state index is 11.3. The first kappa shape index (κ1) is 17.5. The van der Waals surface area contributed by atoms with E-state index >= 15 is 0 Å². The molecule has 0 aromatic heterocycles. The second-order valence-electron chi connectivity index (χ2n) is 3.35. The van der Waals surface area contributed by atoms with Crippen LogP contribution in [0.1, 0.15) is 13.3 Å². The third-order valence-corrected chi connectivity index (χ3v) is 3.25. The van der Waals surface area contributed by atoms with Crippen molar-refractivity contribution in [1.29, 1.82) is 0 Å². The highest BCUT2D eigenvalue weighted by Crippen LogP contribution is 1.93. The van der Waals surface area contributed by atoms with Crippen molar-refractivity contribution in [3.63, 3.8) is 0 Å². The third kappa shape index (κ3) is 10.4. The average Bonchev–Trinajstić information content (AvgIpc) is 2.14. The van der Waals surface area contributed by atoms with Gasteiger partial charge >= 0.3 is 0 Å². The quantitative estimate of drug-likeness (QED) is 0.600. The number of hydrogen-bond acceptors (Lipinski definition) is 4. The van der Waals surface area contributed by atoms with Crippen LogP contribution in [-0.4, -0.2) is 41.0 Å². The van der Waals surface area contributed by atoms with Gasteiger partial charge in [0.15, 0.2) is 0 Å². The zero-order valence-corrected chi connectivity index (χ0v) is 10.9. The molecule has 0 aromatic rings. The molecule has 3 N–H and O–H groups in total. The molecule has 0 aliphatic carbocycles. The van der Waals surface area contributed by atoms with E-state index in [0.717, 1.165) is 0 Å². The lowest BCUT2D eigenvalue weighted by atomic mass is 10.2. The first-order chi connectivity index (χ1) is 6.52.